The third-order valence-corrected chi connectivity index (χ3v) is 5.71. The van der Waals surface area contributed by atoms with Crippen LogP contribution in [0, 0.1) is 11.6 Å². The molecule has 0 spiro atoms. The van der Waals surface area contributed by atoms with Crippen LogP contribution in [0.15, 0.2) is 18.2 Å². The van der Waals surface area contributed by atoms with Gasteiger partial charge in [-0.1, -0.05) is 6.07 Å². The normalized spacial score (nSPS) is 12.4. The SMILES string of the molecule is CC(C)O[Si](O)(CCCCc1ccc(F)cc1F)OC(C)C. The molecule has 0 saturated carbocycles. The lowest BCUT2D eigenvalue weighted by Gasteiger charge is -2.28. The average Bonchev–Trinajstić information content (AvgIpc) is 2.34. The van der Waals surface area contributed by atoms with Gasteiger partial charge >= 0.3 is 8.80 Å². The number of hydrogen-bond donors (Lipinski definition) is 1. The summed E-state index contributed by atoms with van der Waals surface area (Å²) in [7, 11) is -3.19. The van der Waals surface area contributed by atoms with Gasteiger partial charge in [0.25, 0.3) is 0 Å². The first-order valence-electron chi connectivity index (χ1n) is 7.74. The number of aryl methyl sites for hydroxylation is 1. The first kappa shape index (κ1) is 19.2. The monoisotopic (exact) mass is 332 g/mol. The lowest BCUT2D eigenvalue weighted by molar-refractivity contribution is 0.0472. The summed E-state index contributed by atoms with van der Waals surface area (Å²) < 4.78 is 37.5. The summed E-state index contributed by atoms with van der Waals surface area (Å²) in [5.74, 6) is -1.09. The van der Waals surface area contributed by atoms with Crippen molar-refractivity contribution in [1.82, 2.24) is 0 Å². The van der Waals surface area contributed by atoms with Gasteiger partial charge in [-0.05, 0) is 58.6 Å². The van der Waals surface area contributed by atoms with Crippen molar-refractivity contribution in [2.75, 3.05) is 0 Å². The molecule has 1 aromatic carbocycles. The molecular weight excluding hydrogens is 306 g/mol. The van der Waals surface area contributed by atoms with Crippen LogP contribution in [-0.4, -0.2) is 25.8 Å². The summed E-state index contributed by atoms with van der Waals surface area (Å²) in [4.78, 5) is 10.5. The highest BCUT2D eigenvalue weighted by atomic mass is 28.4. The van der Waals surface area contributed by atoms with Crippen LogP contribution in [0.2, 0.25) is 6.04 Å². The second-order valence-electron chi connectivity index (χ2n) is 5.99. The largest absolute Gasteiger partial charge is 0.498 e. The summed E-state index contributed by atoms with van der Waals surface area (Å²) in [6.45, 7) is 7.43. The molecule has 3 nitrogen and oxygen atoms in total. The topological polar surface area (TPSA) is 38.7 Å². The molecule has 0 aliphatic rings. The Balaban J connectivity index is 2.48. The number of hydrogen-bond acceptors (Lipinski definition) is 3. The maximum atomic E-state index is 13.5. The fraction of sp³-hybridized carbons (Fsp3) is 0.625. The highest BCUT2D eigenvalue weighted by molar-refractivity contribution is 6.59. The van der Waals surface area contributed by atoms with Crippen molar-refractivity contribution in [1.29, 1.82) is 0 Å². The van der Waals surface area contributed by atoms with Gasteiger partial charge in [-0.25, -0.2) is 8.78 Å². The van der Waals surface area contributed by atoms with Crippen LogP contribution in [0.1, 0.15) is 46.1 Å². The van der Waals surface area contributed by atoms with E-state index in [9.17, 15) is 13.6 Å². The molecule has 0 aliphatic carbocycles. The van der Waals surface area contributed by atoms with E-state index in [1.165, 1.54) is 12.1 Å². The quantitative estimate of drug-likeness (QED) is 0.547. The molecule has 0 bridgehead atoms. The van der Waals surface area contributed by atoms with Crippen LogP contribution in [-0.2, 0) is 15.3 Å². The van der Waals surface area contributed by atoms with E-state index in [1.54, 1.807) is 0 Å². The maximum absolute atomic E-state index is 13.5. The van der Waals surface area contributed by atoms with Crippen molar-refractivity contribution in [3.05, 3.63) is 35.4 Å². The fourth-order valence-electron chi connectivity index (χ4n) is 2.27. The molecule has 1 aromatic rings. The molecule has 0 heterocycles. The molecule has 1 rings (SSSR count). The van der Waals surface area contributed by atoms with Gasteiger partial charge in [-0.2, -0.15) is 0 Å². The van der Waals surface area contributed by atoms with Gasteiger partial charge in [-0.3, -0.25) is 0 Å². The lowest BCUT2D eigenvalue weighted by atomic mass is 10.1. The van der Waals surface area contributed by atoms with E-state index in [2.05, 4.69) is 0 Å². The second kappa shape index (κ2) is 8.72. The molecule has 0 aliphatic heterocycles. The summed E-state index contributed by atoms with van der Waals surface area (Å²) in [5.41, 5.74) is 0.487. The Labute approximate surface area is 132 Å². The Morgan fingerprint density at radius 1 is 1.05 bits per heavy atom. The van der Waals surface area contributed by atoms with Crippen molar-refractivity contribution in [2.45, 2.75) is 65.2 Å². The zero-order chi connectivity index (χ0) is 16.8. The summed E-state index contributed by atoms with van der Waals surface area (Å²) in [6.07, 6.45) is 1.63. The Morgan fingerprint density at radius 2 is 1.64 bits per heavy atom. The summed E-state index contributed by atoms with van der Waals surface area (Å²) >= 11 is 0. The minimum atomic E-state index is -3.19. The molecule has 0 radical (unpaired) electrons. The van der Waals surface area contributed by atoms with Gasteiger partial charge in [0.1, 0.15) is 11.6 Å². The van der Waals surface area contributed by atoms with E-state index < -0.39 is 20.4 Å². The van der Waals surface area contributed by atoms with Crippen molar-refractivity contribution in [2.24, 2.45) is 0 Å². The molecule has 0 aromatic heterocycles. The minimum Gasteiger partial charge on any atom is -0.390 e. The number of unbranched alkanes of at least 4 members (excludes halogenated alkanes) is 1. The predicted molar refractivity (Wildman–Crippen MR) is 84.5 cm³/mol. The molecule has 0 atom stereocenters. The molecular formula is C16H26F2O3Si. The number of halogens is 2. The Kier molecular flexibility index (Phi) is 7.62. The van der Waals surface area contributed by atoms with Crippen LogP contribution in [0.25, 0.3) is 0 Å². The Hall–Kier alpha value is -0.823. The second-order valence-corrected chi connectivity index (χ2v) is 8.39. The van der Waals surface area contributed by atoms with Gasteiger partial charge in [0.15, 0.2) is 0 Å². The van der Waals surface area contributed by atoms with E-state index in [0.717, 1.165) is 6.07 Å². The first-order valence-corrected chi connectivity index (χ1v) is 9.71. The predicted octanol–water partition coefficient (Wildman–Crippen LogP) is 4.07. The highest BCUT2D eigenvalue weighted by Gasteiger charge is 2.38. The van der Waals surface area contributed by atoms with Gasteiger partial charge in [0.05, 0.1) is 0 Å². The van der Waals surface area contributed by atoms with E-state index in [1.807, 2.05) is 27.7 Å². The van der Waals surface area contributed by atoms with E-state index in [0.29, 0.717) is 30.9 Å². The maximum Gasteiger partial charge on any atom is 0.498 e. The molecule has 22 heavy (non-hydrogen) atoms. The van der Waals surface area contributed by atoms with Gasteiger partial charge < -0.3 is 13.6 Å². The van der Waals surface area contributed by atoms with Gasteiger partial charge in [0, 0.05) is 24.3 Å². The molecule has 0 fully saturated rings. The third kappa shape index (κ3) is 6.96. The lowest BCUT2D eigenvalue weighted by Crippen LogP contribution is -2.46. The number of rotatable bonds is 9. The highest BCUT2D eigenvalue weighted by Crippen LogP contribution is 2.20. The van der Waals surface area contributed by atoms with E-state index in [4.69, 9.17) is 8.85 Å². The van der Waals surface area contributed by atoms with Crippen LogP contribution in [0.3, 0.4) is 0 Å². The van der Waals surface area contributed by atoms with Crippen LogP contribution >= 0.6 is 0 Å². The number of benzene rings is 1. The van der Waals surface area contributed by atoms with Gasteiger partial charge in [-0.15, -0.1) is 0 Å². The fourth-order valence-corrected chi connectivity index (χ4v) is 4.73. The van der Waals surface area contributed by atoms with Crippen molar-refractivity contribution >= 4 is 8.80 Å². The Morgan fingerprint density at radius 3 is 2.14 bits per heavy atom. The van der Waals surface area contributed by atoms with E-state index >= 15 is 0 Å². The van der Waals surface area contributed by atoms with Crippen molar-refractivity contribution < 1.29 is 22.4 Å². The van der Waals surface area contributed by atoms with Crippen LogP contribution < -0.4 is 0 Å². The smallest absolute Gasteiger partial charge is 0.390 e. The van der Waals surface area contributed by atoms with Crippen LogP contribution in [0.5, 0.6) is 0 Å². The van der Waals surface area contributed by atoms with Crippen LogP contribution in [0.4, 0.5) is 8.78 Å². The molecule has 0 unspecified atom stereocenters. The molecule has 0 amide bonds. The molecule has 126 valence electrons. The Bertz CT molecular complexity index is 457. The minimum absolute atomic E-state index is 0.107. The van der Waals surface area contributed by atoms with Gasteiger partial charge in [0.2, 0.25) is 0 Å². The zero-order valence-corrected chi connectivity index (χ0v) is 14.7. The first-order chi connectivity index (χ1) is 10.2. The molecule has 1 N–H and O–H groups in total. The van der Waals surface area contributed by atoms with Crippen molar-refractivity contribution in [3.63, 3.8) is 0 Å². The summed E-state index contributed by atoms with van der Waals surface area (Å²) in [5, 5.41) is 0. The third-order valence-electron chi connectivity index (χ3n) is 3.04. The zero-order valence-electron chi connectivity index (χ0n) is 13.7. The summed E-state index contributed by atoms with van der Waals surface area (Å²) in [6, 6.07) is 4.05. The standard InChI is InChI=1S/C16H26F2O3Si/c1-12(2)20-22(19,21-13(3)4)10-6-5-7-14-8-9-15(17)11-16(14)18/h8-9,11-13,19H,5-7,10H2,1-4H3. The van der Waals surface area contributed by atoms with Crippen molar-refractivity contribution in [3.8, 4) is 0 Å². The van der Waals surface area contributed by atoms with E-state index in [-0.39, 0.29) is 12.2 Å². The molecule has 0 saturated heterocycles. The average molecular weight is 332 g/mol. The molecule has 6 heteroatoms.